The van der Waals surface area contributed by atoms with Crippen LogP contribution in [0.25, 0.3) is 10.2 Å². The quantitative estimate of drug-likeness (QED) is 0.769. The highest BCUT2D eigenvalue weighted by molar-refractivity contribution is 7.18. The second-order valence-corrected chi connectivity index (χ2v) is 6.34. The van der Waals surface area contributed by atoms with Gasteiger partial charge in [-0.2, -0.15) is 0 Å². The fraction of sp³-hybridized carbons (Fsp3) is 0.429. The molecule has 4 rings (SSSR count). The molecular weight excluding hydrogens is 230 g/mol. The smallest absolute Gasteiger partial charge is 0.146 e. The summed E-state index contributed by atoms with van der Waals surface area (Å²) < 4.78 is 1.21. The van der Waals surface area contributed by atoms with Crippen molar-refractivity contribution in [3.63, 3.8) is 0 Å². The molecule has 1 aromatic carbocycles. The molecule has 3 heteroatoms. The number of carbonyl (C=O) groups is 1. The van der Waals surface area contributed by atoms with Crippen LogP contribution in [0, 0.1) is 5.92 Å². The number of ketones is 1. The summed E-state index contributed by atoms with van der Waals surface area (Å²) in [6.45, 7) is 0. The molecule has 0 unspecified atom stereocenters. The number of nitrogens with zero attached hydrogens (tertiary/aromatic N) is 1. The molecule has 2 atom stereocenters. The SMILES string of the molecule is O=C1C[C@@H]2CC[C@]1(c1nc3ccccc3s1)C2. The molecule has 0 N–H and O–H groups in total. The van der Waals surface area contributed by atoms with E-state index in [2.05, 4.69) is 6.07 Å². The molecule has 0 aliphatic heterocycles. The summed E-state index contributed by atoms with van der Waals surface area (Å²) in [6.07, 6.45) is 4.07. The van der Waals surface area contributed by atoms with Crippen LogP contribution in [0.5, 0.6) is 0 Å². The Morgan fingerprint density at radius 1 is 1.35 bits per heavy atom. The largest absolute Gasteiger partial charge is 0.299 e. The van der Waals surface area contributed by atoms with Crippen LogP contribution in [-0.4, -0.2) is 10.8 Å². The fourth-order valence-corrected chi connectivity index (χ4v) is 4.63. The van der Waals surface area contributed by atoms with Gasteiger partial charge < -0.3 is 0 Å². The Morgan fingerprint density at radius 2 is 2.24 bits per heavy atom. The highest BCUT2D eigenvalue weighted by atomic mass is 32.1. The van der Waals surface area contributed by atoms with E-state index in [-0.39, 0.29) is 5.41 Å². The minimum absolute atomic E-state index is 0.200. The Morgan fingerprint density at radius 3 is 2.94 bits per heavy atom. The van der Waals surface area contributed by atoms with E-state index >= 15 is 0 Å². The van der Waals surface area contributed by atoms with Gasteiger partial charge in [0.1, 0.15) is 10.8 Å². The number of Topliss-reactive ketones (excluding diaryl/α,β-unsaturated/α-hetero) is 1. The number of hydrogen-bond donors (Lipinski definition) is 0. The third-order valence-corrected chi connectivity index (χ3v) is 5.57. The molecule has 2 aromatic rings. The van der Waals surface area contributed by atoms with Crippen LogP contribution >= 0.6 is 11.3 Å². The van der Waals surface area contributed by atoms with E-state index in [1.165, 1.54) is 11.1 Å². The zero-order valence-corrected chi connectivity index (χ0v) is 10.3. The third-order valence-electron chi connectivity index (χ3n) is 4.33. The van der Waals surface area contributed by atoms with Gasteiger partial charge in [0, 0.05) is 6.42 Å². The summed E-state index contributed by atoms with van der Waals surface area (Å²) >= 11 is 1.72. The minimum atomic E-state index is -0.200. The predicted octanol–water partition coefficient (Wildman–Crippen LogP) is 3.31. The molecule has 0 spiro atoms. The normalized spacial score (nSPS) is 31.5. The molecular formula is C14H13NOS. The van der Waals surface area contributed by atoms with E-state index in [1.807, 2.05) is 18.2 Å². The Balaban J connectivity index is 1.91. The summed E-state index contributed by atoms with van der Waals surface area (Å²) in [7, 11) is 0. The van der Waals surface area contributed by atoms with Crippen molar-refractivity contribution in [1.82, 2.24) is 4.98 Å². The summed E-state index contributed by atoms with van der Waals surface area (Å²) in [4.78, 5) is 16.9. The van der Waals surface area contributed by atoms with Crippen LogP contribution in [0.4, 0.5) is 0 Å². The monoisotopic (exact) mass is 243 g/mol. The van der Waals surface area contributed by atoms with Crippen molar-refractivity contribution < 1.29 is 4.79 Å². The first-order chi connectivity index (χ1) is 8.28. The van der Waals surface area contributed by atoms with E-state index in [0.29, 0.717) is 11.7 Å². The number of hydrogen-bond acceptors (Lipinski definition) is 3. The Labute approximate surface area is 104 Å². The maximum Gasteiger partial charge on any atom is 0.146 e. The van der Waals surface area contributed by atoms with Crippen molar-refractivity contribution in [2.75, 3.05) is 0 Å². The lowest BCUT2D eigenvalue weighted by molar-refractivity contribution is -0.123. The van der Waals surface area contributed by atoms with Gasteiger partial charge >= 0.3 is 0 Å². The third kappa shape index (κ3) is 1.20. The summed E-state index contributed by atoms with van der Waals surface area (Å²) in [5.41, 5.74) is 0.846. The molecule has 2 aliphatic carbocycles. The van der Waals surface area contributed by atoms with Gasteiger partial charge in [-0.3, -0.25) is 4.79 Å². The van der Waals surface area contributed by atoms with Gasteiger partial charge in [0.2, 0.25) is 0 Å². The van der Waals surface area contributed by atoms with E-state index in [4.69, 9.17) is 4.98 Å². The molecule has 1 aromatic heterocycles. The Hall–Kier alpha value is -1.22. The van der Waals surface area contributed by atoms with E-state index in [0.717, 1.165) is 29.8 Å². The van der Waals surface area contributed by atoms with Crippen LogP contribution in [0.2, 0.25) is 0 Å². The summed E-state index contributed by atoms with van der Waals surface area (Å²) in [5.74, 6) is 1.07. The van der Waals surface area contributed by atoms with Crippen molar-refractivity contribution in [2.45, 2.75) is 31.1 Å². The number of aromatic nitrogens is 1. The summed E-state index contributed by atoms with van der Waals surface area (Å²) in [5, 5.41) is 1.07. The highest BCUT2D eigenvalue weighted by Crippen LogP contribution is 2.54. The molecule has 0 amide bonds. The molecule has 86 valence electrons. The van der Waals surface area contributed by atoms with Gasteiger partial charge in [0.05, 0.1) is 15.6 Å². The van der Waals surface area contributed by atoms with Crippen LogP contribution in [0.1, 0.15) is 30.7 Å². The van der Waals surface area contributed by atoms with Gasteiger partial charge in [-0.15, -0.1) is 11.3 Å². The first-order valence-corrected chi connectivity index (χ1v) is 6.99. The lowest BCUT2D eigenvalue weighted by Crippen LogP contribution is -2.29. The lowest BCUT2D eigenvalue weighted by Gasteiger charge is -2.21. The lowest BCUT2D eigenvalue weighted by atomic mass is 9.84. The van der Waals surface area contributed by atoms with Crippen molar-refractivity contribution in [1.29, 1.82) is 0 Å². The van der Waals surface area contributed by atoms with Gasteiger partial charge in [-0.25, -0.2) is 4.98 Å². The molecule has 0 radical (unpaired) electrons. The standard InChI is InChI=1S/C14H13NOS/c16-12-7-9-5-6-14(12,8-9)13-15-10-3-1-2-4-11(10)17-13/h1-4,9H,5-8H2/t9-,14-/m0/s1. The van der Waals surface area contributed by atoms with Crippen LogP contribution in [0.3, 0.4) is 0 Å². The molecule has 2 aliphatic rings. The molecule has 2 bridgehead atoms. The Bertz CT molecular complexity index is 584. The number of rotatable bonds is 1. The van der Waals surface area contributed by atoms with Gasteiger partial charge in [0.15, 0.2) is 0 Å². The van der Waals surface area contributed by atoms with Crippen molar-refractivity contribution in [3.8, 4) is 0 Å². The molecule has 17 heavy (non-hydrogen) atoms. The number of para-hydroxylation sites is 1. The number of fused-ring (bicyclic) bond motifs is 3. The zero-order valence-electron chi connectivity index (χ0n) is 9.48. The second-order valence-electron chi connectivity index (χ2n) is 5.30. The molecule has 2 saturated carbocycles. The van der Waals surface area contributed by atoms with Crippen molar-refractivity contribution in [3.05, 3.63) is 29.3 Å². The average molecular weight is 243 g/mol. The van der Waals surface area contributed by atoms with E-state index < -0.39 is 0 Å². The maximum absolute atomic E-state index is 12.2. The van der Waals surface area contributed by atoms with Crippen molar-refractivity contribution >= 4 is 27.3 Å². The minimum Gasteiger partial charge on any atom is -0.299 e. The number of benzene rings is 1. The summed E-state index contributed by atoms with van der Waals surface area (Å²) in [6, 6.07) is 8.18. The second kappa shape index (κ2) is 3.16. The maximum atomic E-state index is 12.2. The molecule has 2 fully saturated rings. The molecule has 2 nitrogen and oxygen atoms in total. The molecule has 1 heterocycles. The van der Waals surface area contributed by atoms with Gasteiger partial charge in [0.25, 0.3) is 0 Å². The molecule has 0 saturated heterocycles. The number of thiazole rings is 1. The first-order valence-electron chi connectivity index (χ1n) is 6.17. The Kier molecular flexibility index (Phi) is 1.82. The topological polar surface area (TPSA) is 30.0 Å². The highest BCUT2D eigenvalue weighted by Gasteiger charge is 2.54. The van der Waals surface area contributed by atoms with Crippen LogP contribution < -0.4 is 0 Å². The van der Waals surface area contributed by atoms with Crippen LogP contribution in [-0.2, 0) is 10.2 Å². The fourth-order valence-electron chi connectivity index (χ4n) is 3.42. The van der Waals surface area contributed by atoms with E-state index in [1.54, 1.807) is 11.3 Å². The average Bonchev–Trinajstić information content (AvgIpc) is 2.99. The van der Waals surface area contributed by atoms with Gasteiger partial charge in [-0.05, 0) is 37.3 Å². The number of carbonyl (C=O) groups excluding carboxylic acids is 1. The predicted molar refractivity (Wildman–Crippen MR) is 68.3 cm³/mol. The van der Waals surface area contributed by atoms with Crippen LogP contribution in [0.15, 0.2) is 24.3 Å². The van der Waals surface area contributed by atoms with Gasteiger partial charge in [-0.1, -0.05) is 12.1 Å². The van der Waals surface area contributed by atoms with E-state index in [9.17, 15) is 4.79 Å². The van der Waals surface area contributed by atoms with Crippen molar-refractivity contribution in [2.24, 2.45) is 5.92 Å². The zero-order chi connectivity index (χ0) is 11.5. The first kappa shape index (κ1) is 9.77.